The topological polar surface area (TPSA) is 17.0 Å². The first-order valence-electron chi connectivity index (χ1n) is 6.73. The van der Waals surface area contributed by atoms with E-state index in [1.165, 1.54) is 21.3 Å². The molecular formula is C16H17ClN2S. The van der Waals surface area contributed by atoms with Crippen LogP contribution in [0, 0.1) is 6.92 Å². The molecule has 0 aliphatic carbocycles. The number of hydrogen-bond donors (Lipinski definition) is 1. The molecule has 4 heteroatoms. The van der Waals surface area contributed by atoms with Gasteiger partial charge in [-0.2, -0.15) is 0 Å². The quantitative estimate of drug-likeness (QED) is 0.689. The third kappa shape index (κ3) is 3.06. The summed E-state index contributed by atoms with van der Waals surface area (Å²) < 4.78 is 3.15. The van der Waals surface area contributed by atoms with Crippen LogP contribution in [0.1, 0.15) is 10.4 Å². The van der Waals surface area contributed by atoms with Gasteiger partial charge in [-0.15, -0.1) is 11.3 Å². The average molecular weight is 305 g/mol. The Balaban J connectivity index is 1.57. The van der Waals surface area contributed by atoms with Crippen molar-refractivity contribution in [1.82, 2.24) is 9.88 Å². The van der Waals surface area contributed by atoms with Gasteiger partial charge >= 0.3 is 0 Å². The molecule has 2 nitrogen and oxygen atoms in total. The maximum absolute atomic E-state index is 5.92. The van der Waals surface area contributed by atoms with E-state index in [-0.39, 0.29) is 0 Å². The van der Waals surface area contributed by atoms with Crippen molar-refractivity contribution in [3.8, 4) is 0 Å². The first-order valence-corrected chi connectivity index (χ1v) is 7.92. The Labute approximate surface area is 128 Å². The van der Waals surface area contributed by atoms with E-state index in [9.17, 15) is 0 Å². The maximum atomic E-state index is 5.92. The van der Waals surface area contributed by atoms with Gasteiger partial charge in [-0.05, 0) is 42.6 Å². The predicted octanol–water partition coefficient (Wildman–Crippen LogP) is 4.45. The number of benzene rings is 1. The van der Waals surface area contributed by atoms with Crippen LogP contribution in [-0.4, -0.2) is 11.1 Å². The molecule has 0 spiro atoms. The molecule has 0 fully saturated rings. The van der Waals surface area contributed by atoms with Crippen LogP contribution in [0.5, 0.6) is 0 Å². The fraction of sp³-hybridized carbons (Fsp3) is 0.250. The van der Waals surface area contributed by atoms with Gasteiger partial charge in [0.1, 0.15) is 0 Å². The molecule has 0 unspecified atom stereocenters. The summed E-state index contributed by atoms with van der Waals surface area (Å²) in [5.74, 6) is 0. The third-order valence-corrected chi connectivity index (χ3v) is 4.62. The number of aryl methyl sites for hydroxylation is 1. The minimum atomic E-state index is 0.855. The highest BCUT2D eigenvalue weighted by Gasteiger charge is 2.01. The number of nitrogens with zero attached hydrogens (tertiary/aromatic N) is 1. The van der Waals surface area contributed by atoms with Crippen molar-refractivity contribution < 1.29 is 0 Å². The van der Waals surface area contributed by atoms with Crippen molar-refractivity contribution >= 4 is 33.8 Å². The zero-order chi connectivity index (χ0) is 13.9. The molecule has 1 aromatic carbocycles. The molecule has 2 aromatic heterocycles. The van der Waals surface area contributed by atoms with Gasteiger partial charge in [-0.3, -0.25) is 0 Å². The summed E-state index contributed by atoms with van der Waals surface area (Å²) in [6.45, 7) is 4.94. The normalized spacial score (nSPS) is 11.3. The van der Waals surface area contributed by atoms with Crippen LogP contribution in [0.4, 0.5) is 0 Å². The number of fused-ring (bicyclic) bond motifs is 1. The van der Waals surface area contributed by atoms with E-state index in [0.717, 1.165) is 24.0 Å². The molecule has 0 bridgehead atoms. The van der Waals surface area contributed by atoms with Gasteiger partial charge in [0.05, 0.1) is 4.34 Å². The summed E-state index contributed by atoms with van der Waals surface area (Å²) in [4.78, 5) is 1.28. The van der Waals surface area contributed by atoms with E-state index in [4.69, 9.17) is 11.6 Å². The lowest BCUT2D eigenvalue weighted by Crippen LogP contribution is -2.18. The standard InChI is InChI=1S/C16H17ClN2S/c1-12-2-4-15-13(10-12)6-8-19(15)9-7-18-11-14-3-5-16(17)20-14/h2-6,8,10,18H,7,9,11H2,1H3. The fourth-order valence-corrected chi connectivity index (χ4v) is 3.43. The third-order valence-electron chi connectivity index (χ3n) is 3.38. The molecule has 0 aliphatic heterocycles. The molecule has 3 rings (SSSR count). The molecule has 0 amide bonds. The van der Waals surface area contributed by atoms with Crippen LogP contribution in [0.3, 0.4) is 0 Å². The molecule has 0 radical (unpaired) electrons. The lowest BCUT2D eigenvalue weighted by atomic mass is 10.2. The number of nitrogens with one attached hydrogen (secondary N) is 1. The lowest BCUT2D eigenvalue weighted by Gasteiger charge is -2.07. The Morgan fingerprint density at radius 2 is 2.10 bits per heavy atom. The molecule has 0 aliphatic rings. The first kappa shape index (κ1) is 13.7. The van der Waals surface area contributed by atoms with E-state index < -0.39 is 0 Å². The van der Waals surface area contributed by atoms with Crippen molar-refractivity contribution in [1.29, 1.82) is 0 Å². The second-order valence-electron chi connectivity index (χ2n) is 4.95. The summed E-state index contributed by atoms with van der Waals surface area (Å²) in [6.07, 6.45) is 2.16. The van der Waals surface area contributed by atoms with Gasteiger partial charge in [0, 0.05) is 36.2 Å². The minimum absolute atomic E-state index is 0.855. The molecule has 20 heavy (non-hydrogen) atoms. The van der Waals surface area contributed by atoms with Gasteiger partial charge in [0.2, 0.25) is 0 Å². The van der Waals surface area contributed by atoms with Crippen LogP contribution >= 0.6 is 22.9 Å². The minimum Gasteiger partial charge on any atom is -0.346 e. The smallest absolute Gasteiger partial charge is 0.0931 e. The highest BCUT2D eigenvalue weighted by Crippen LogP contribution is 2.21. The SMILES string of the molecule is Cc1ccc2c(ccn2CCNCc2ccc(Cl)s2)c1. The fourth-order valence-electron chi connectivity index (χ4n) is 2.37. The van der Waals surface area contributed by atoms with Crippen molar-refractivity contribution in [3.05, 3.63) is 57.4 Å². The van der Waals surface area contributed by atoms with E-state index in [1.807, 2.05) is 6.07 Å². The van der Waals surface area contributed by atoms with Gasteiger partial charge in [-0.25, -0.2) is 0 Å². The Kier molecular flexibility index (Phi) is 4.10. The Bertz CT molecular complexity index is 714. The number of thiophene rings is 1. The number of aromatic nitrogens is 1. The number of rotatable bonds is 5. The van der Waals surface area contributed by atoms with Gasteiger partial charge in [0.15, 0.2) is 0 Å². The van der Waals surface area contributed by atoms with Gasteiger partial charge in [0.25, 0.3) is 0 Å². The second kappa shape index (κ2) is 6.00. The van der Waals surface area contributed by atoms with E-state index in [2.05, 4.69) is 53.3 Å². The Morgan fingerprint density at radius 3 is 2.90 bits per heavy atom. The molecule has 0 atom stereocenters. The summed E-state index contributed by atoms with van der Waals surface area (Å²) in [7, 11) is 0. The zero-order valence-corrected chi connectivity index (χ0v) is 13.0. The van der Waals surface area contributed by atoms with Crippen molar-refractivity contribution in [2.24, 2.45) is 0 Å². The van der Waals surface area contributed by atoms with Crippen LogP contribution < -0.4 is 5.32 Å². The first-order chi connectivity index (χ1) is 9.72. The van der Waals surface area contributed by atoms with Crippen molar-refractivity contribution in [3.63, 3.8) is 0 Å². The van der Waals surface area contributed by atoms with Crippen LogP contribution in [0.2, 0.25) is 4.34 Å². The molecule has 0 saturated heterocycles. The summed E-state index contributed by atoms with van der Waals surface area (Å²) >= 11 is 7.56. The Hall–Kier alpha value is -1.29. The van der Waals surface area contributed by atoms with Crippen molar-refractivity contribution in [2.75, 3.05) is 6.54 Å². The summed E-state index contributed by atoms with van der Waals surface area (Å²) in [5, 5.41) is 4.78. The summed E-state index contributed by atoms with van der Waals surface area (Å²) in [5.41, 5.74) is 2.61. The van der Waals surface area contributed by atoms with Crippen LogP contribution in [-0.2, 0) is 13.1 Å². The average Bonchev–Trinajstić information content (AvgIpc) is 3.01. The molecule has 2 heterocycles. The monoisotopic (exact) mass is 304 g/mol. The predicted molar refractivity (Wildman–Crippen MR) is 87.7 cm³/mol. The molecule has 0 saturated carbocycles. The molecule has 1 N–H and O–H groups in total. The highest BCUT2D eigenvalue weighted by molar-refractivity contribution is 7.16. The molecular weight excluding hydrogens is 288 g/mol. The van der Waals surface area contributed by atoms with E-state index in [0.29, 0.717) is 0 Å². The lowest BCUT2D eigenvalue weighted by molar-refractivity contribution is 0.613. The van der Waals surface area contributed by atoms with Crippen molar-refractivity contribution in [2.45, 2.75) is 20.0 Å². The van der Waals surface area contributed by atoms with Gasteiger partial charge in [-0.1, -0.05) is 23.2 Å². The molecule has 3 aromatic rings. The molecule has 104 valence electrons. The number of hydrogen-bond acceptors (Lipinski definition) is 2. The maximum Gasteiger partial charge on any atom is 0.0931 e. The summed E-state index contributed by atoms with van der Waals surface area (Å²) in [6, 6.07) is 12.8. The Morgan fingerprint density at radius 1 is 1.20 bits per heavy atom. The second-order valence-corrected chi connectivity index (χ2v) is 6.75. The van der Waals surface area contributed by atoms with E-state index >= 15 is 0 Å². The van der Waals surface area contributed by atoms with Crippen LogP contribution in [0.25, 0.3) is 10.9 Å². The van der Waals surface area contributed by atoms with Gasteiger partial charge < -0.3 is 9.88 Å². The van der Waals surface area contributed by atoms with Crippen LogP contribution in [0.15, 0.2) is 42.6 Å². The highest BCUT2D eigenvalue weighted by atomic mass is 35.5. The zero-order valence-electron chi connectivity index (χ0n) is 11.4. The van der Waals surface area contributed by atoms with E-state index in [1.54, 1.807) is 11.3 Å². The largest absolute Gasteiger partial charge is 0.346 e. The number of halogens is 1.